The zero-order chi connectivity index (χ0) is 12.8. The minimum absolute atomic E-state index is 0.199. The minimum Gasteiger partial charge on any atom is -0.387 e. The van der Waals surface area contributed by atoms with Crippen molar-refractivity contribution < 1.29 is 5.11 Å². The third-order valence-corrected chi connectivity index (χ3v) is 4.27. The molecule has 1 aliphatic carbocycles. The average molecular weight is 238 g/mol. The number of benzene rings is 2. The first-order chi connectivity index (χ1) is 8.63. The molecule has 0 radical (unpaired) electrons. The topological polar surface area (TPSA) is 20.2 Å². The van der Waals surface area contributed by atoms with Crippen LogP contribution < -0.4 is 0 Å². The standard InChI is InChI=1S/C17H18O/c1-12-7-3-6-10-15(12)17(2)11-13-8-4-5-9-14(13)16(17)18/h3-10,16,18H,11H2,1-2H3/t16-,17-/m1/s1. The molecule has 0 saturated heterocycles. The molecule has 0 heterocycles. The summed E-state index contributed by atoms with van der Waals surface area (Å²) in [6, 6.07) is 16.6. The number of aliphatic hydroxyl groups is 1. The Kier molecular flexibility index (Phi) is 2.53. The maximum Gasteiger partial charge on any atom is 0.0889 e. The van der Waals surface area contributed by atoms with Crippen molar-refractivity contribution >= 4 is 0 Å². The molecule has 0 bridgehead atoms. The molecule has 0 fully saturated rings. The van der Waals surface area contributed by atoms with Gasteiger partial charge in [-0.3, -0.25) is 0 Å². The van der Waals surface area contributed by atoms with E-state index in [2.05, 4.69) is 50.2 Å². The Bertz CT molecular complexity index is 588. The van der Waals surface area contributed by atoms with E-state index in [-0.39, 0.29) is 5.41 Å². The van der Waals surface area contributed by atoms with Gasteiger partial charge in [0.1, 0.15) is 0 Å². The van der Waals surface area contributed by atoms with Gasteiger partial charge in [-0.2, -0.15) is 0 Å². The van der Waals surface area contributed by atoms with Gasteiger partial charge < -0.3 is 5.11 Å². The van der Waals surface area contributed by atoms with Crippen molar-refractivity contribution in [3.63, 3.8) is 0 Å². The number of fused-ring (bicyclic) bond motifs is 1. The summed E-state index contributed by atoms with van der Waals surface area (Å²) in [5.41, 5.74) is 4.68. The van der Waals surface area contributed by atoms with Gasteiger partial charge in [-0.25, -0.2) is 0 Å². The Morgan fingerprint density at radius 2 is 1.72 bits per heavy atom. The summed E-state index contributed by atoms with van der Waals surface area (Å²) in [4.78, 5) is 0. The molecule has 18 heavy (non-hydrogen) atoms. The Morgan fingerprint density at radius 3 is 2.44 bits per heavy atom. The SMILES string of the molecule is Cc1ccccc1[C@@]1(C)Cc2ccccc2[C@H]1O. The molecular weight excluding hydrogens is 220 g/mol. The summed E-state index contributed by atoms with van der Waals surface area (Å²) < 4.78 is 0. The second-order valence-electron chi connectivity index (χ2n) is 5.51. The number of hydrogen-bond donors (Lipinski definition) is 1. The van der Waals surface area contributed by atoms with Crippen LogP contribution in [0.2, 0.25) is 0 Å². The highest BCUT2D eigenvalue weighted by Gasteiger charge is 2.43. The van der Waals surface area contributed by atoms with Crippen LogP contribution in [-0.2, 0) is 11.8 Å². The summed E-state index contributed by atoms with van der Waals surface area (Å²) in [5.74, 6) is 0. The Hall–Kier alpha value is -1.60. The summed E-state index contributed by atoms with van der Waals surface area (Å²) in [5, 5.41) is 10.7. The summed E-state index contributed by atoms with van der Waals surface area (Å²) in [6.45, 7) is 4.29. The lowest BCUT2D eigenvalue weighted by Crippen LogP contribution is -2.28. The van der Waals surface area contributed by atoms with Gasteiger partial charge in [-0.1, -0.05) is 55.5 Å². The predicted octanol–water partition coefficient (Wildman–Crippen LogP) is 3.54. The van der Waals surface area contributed by atoms with Crippen LogP contribution in [0.3, 0.4) is 0 Å². The molecule has 0 saturated carbocycles. The lowest BCUT2D eigenvalue weighted by Gasteiger charge is -2.30. The first-order valence-electron chi connectivity index (χ1n) is 6.45. The monoisotopic (exact) mass is 238 g/mol. The van der Waals surface area contributed by atoms with Gasteiger partial charge in [-0.15, -0.1) is 0 Å². The lowest BCUT2D eigenvalue weighted by atomic mass is 9.76. The fourth-order valence-electron chi connectivity index (χ4n) is 3.25. The number of aliphatic hydroxyl groups excluding tert-OH is 1. The van der Waals surface area contributed by atoms with Gasteiger partial charge in [0.25, 0.3) is 0 Å². The normalized spacial score (nSPS) is 26.1. The van der Waals surface area contributed by atoms with E-state index >= 15 is 0 Å². The van der Waals surface area contributed by atoms with Crippen molar-refractivity contribution in [2.75, 3.05) is 0 Å². The highest BCUT2D eigenvalue weighted by Crippen LogP contribution is 2.47. The van der Waals surface area contributed by atoms with E-state index in [1.54, 1.807) is 0 Å². The van der Waals surface area contributed by atoms with E-state index in [1.165, 1.54) is 16.7 Å². The summed E-state index contributed by atoms with van der Waals surface area (Å²) in [7, 11) is 0. The molecule has 1 N–H and O–H groups in total. The first-order valence-corrected chi connectivity index (χ1v) is 6.45. The maximum atomic E-state index is 10.7. The molecular formula is C17H18O. The summed E-state index contributed by atoms with van der Waals surface area (Å²) >= 11 is 0. The second-order valence-corrected chi connectivity index (χ2v) is 5.51. The molecule has 1 aliphatic rings. The van der Waals surface area contributed by atoms with Gasteiger partial charge in [0, 0.05) is 5.41 Å². The molecule has 92 valence electrons. The lowest BCUT2D eigenvalue weighted by molar-refractivity contribution is 0.105. The van der Waals surface area contributed by atoms with E-state index in [0.717, 1.165) is 12.0 Å². The molecule has 3 rings (SSSR count). The third-order valence-electron chi connectivity index (χ3n) is 4.27. The fourth-order valence-corrected chi connectivity index (χ4v) is 3.25. The third kappa shape index (κ3) is 1.51. The quantitative estimate of drug-likeness (QED) is 0.805. The molecule has 0 aromatic heterocycles. The molecule has 1 heteroatoms. The second kappa shape index (κ2) is 3.96. The minimum atomic E-state index is -0.408. The van der Waals surface area contributed by atoms with Crippen molar-refractivity contribution in [2.45, 2.75) is 31.8 Å². The van der Waals surface area contributed by atoms with Crippen LogP contribution in [0.1, 0.15) is 35.3 Å². The van der Waals surface area contributed by atoms with Crippen LogP contribution in [-0.4, -0.2) is 5.11 Å². The van der Waals surface area contributed by atoms with Gasteiger partial charge in [0.15, 0.2) is 0 Å². The van der Waals surface area contributed by atoms with Crippen molar-refractivity contribution in [3.8, 4) is 0 Å². The van der Waals surface area contributed by atoms with Crippen LogP contribution in [0.4, 0.5) is 0 Å². The Morgan fingerprint density at radius 1 is 1.06 bits per heavy atom. The van der Waals surface area contributed by atoms with Crippen LogP contribution in [0.25, 0.3) is 0 Å². The van der Waals surface area contributed by atoms with E-state index in [9.17, 15) is 5.11 Å². The van der Waals surface area contributed by atoms with Gasteiger partial charge in [-0.05, 0) is 35.6 Å². The van der Waals surface area contributed by atoms with Gasteiger partial charge >= 0.3 is 0 Å². The number of hydrogen-bond acceptors (Lipinski definition) is 1. The molecule has 2 aromatic carbocycles. The predicted molar refractivity (Wildman–Crippen MR) is 73.6 cm³/mol. The number of rotatable bonds is 1. The van der Waals surface area contributed by atoms with Crippen LogP contribution in [0.15, 0.2) is 48.5 Å². The number of aryl methyl sites for hydroxylation is 1. The maximum absolute atomic E-state index is 10.7. The molecule has 0 unspecified atom stereocenters. The van der Waals surface area contributed by atoms with Crippen LogP contribution >= 0.6 is 0 Å². The largest absolute Gasteiger partial charge is 0.387 e. The van der Waals surface area contributed by atoms with E-state index in [0.29, 0.717) is 0 Å². The van der Waals surface area contributed by atoms with Crippen LogP contribution in [0.5, 0.6) is 0 Å². The zero-order valence-corrected chi connectivity index (χ0v) is 10.9. The first kappa shape index (κ1) is 11.5. The Labute approximate surface area is 108 Å². The molecule has 0 aliphatic heterocycles. The zero-order valence-electron chi connectivity index (χ0n) is 10.9. The smallest absolute Gasteiger partial charge is 0.0889 e. The van der Waals surface area contributed by atoms with E-state index in [1.807, 2.05) is 12.1 Å². The Balaban J connectivity index is 2.12. The molecule has 1 nitrogen and oxygen atoms in total. The average Bonchev–Trinajstić information content (AvgIpc) is 2.64. The van der Waals surface area contributed by atoms with E-state index < -0.39 is 6.10 Å². The molecule has 2 atom stereocenters. The molecule has 2 aromatic rings. The van der Waals surface area contributed by atoms with E-state index in [4.69, 9.17) is 0 Å². The van der Waals surface area contributed by atoms with Crippen molar-refractivity contribution in [1.82, 2.24) is 0 Å². The highest BCUT2D eigenvalue weighted by molar-refractivity contribution is 5.46. The van der Waals surface area contributed by atoms with Gasteiger partial charge in [0.05, 0.1) is 6.10 Å². The molecule has 0 spiro atoms. The van der Waals surface area contributed by atoms with Gasteiger partial charge in [0.2, 0.25) is 0 Å². The van der Waals surface area contributed by atoms with Crippen LogP contribution in [0, 0.1) is 6.92 Å². The van der Waals surface area contributed by atoms with Crippen molar-refractivity contribution in [3.05, 3.63) is 70.8 Å². The highest BCUT2D eigenvalue weighted by atomic mass is 16.3. The molecule has 0 amide bonds. The van der Waals surface area contributed by atoms with Crippen molar-refractivity contribution in [2.24, 2.45) is 0 Å². The van der Waals surface area contributed by atoms with Crippen molar-refractivity contribution in [1.29, 1.82) is 0 Å². The fraction of sp³-hybridized carbons (Fsp3) is 0.294. The summed E-state index contributed by atoms with van der Waals surface area (Å²) in [6.07, 6.45) is 0.504.